The Labute approximate surface area is 239 Å². The molecule has 0 unspecified atom stereocenters. The topological polar surface area (TPSA) is 66.5 Å². The Morgan fingerprint density at radius 2 is 1.87 bits per heavy atom. The third-order valence-corrected chi connectivity index (χ3v) is 7.33. The molecule has 4 rings (SSSR count). The number of ether oxygens (including phenoxy) is 1. The largest absolute Gasteiger partial charge is 0.444 e. The van der Waals surface area contributed by atoms with E-state index in [9.17, 15) is 13.6 Å². The molecule has 1 heterocycles. The molecule has 0 bridgehead atoms. The van der Waals surface area contributed by atoms with Gasteiger partial charge in [0.1, 0.15) is 17.2 Å². The monoisotopic (exact) mass is 578 g/mol. The number of nitrogens with zero attached hydrogens (tertiary/aromatic N) is 2. The molecule has 6 nitrogen and oxygen atoms in total. The summed E-state index contributed by atoms with van der Waals surface area (Å²) in [6, 6.07) is 10.5. The van der Waals surface area contributed by atoms with Crippen LogP contribution in [-0.4, -0.2) is 46.7 Å². The van der Waals surface area contributed by atoms with E-state index in [0.29, 0.717) is 24.1 Å². The first-order valence-electron chi connectivity index (χ1n) is 13.4. The summed E-state index contributed by atoms with van der Waals surface area (Å²) in [5.74, 6) is -0.474. The van der Waals surface area contributed by atoms with Crippen LogP contribution in [0.15, 0.2) is 41.3 Å². The molecule has 1 fully saturated rings. The maximum absolute atomic E-state index is 12.2. The van der Waals surface area contributed by atoms with Crippen molar-refractivity contribution < 1.29 is 18.3 Å². The first-order chi connectivity index (χ1) is 18.4. The highest BCUT2D eigenvalue weighted by Crippen LogP contribution is 2.34. The Balaban J connectivity index is 0.000000395. The number of anilines is 1. The van der Waals surface area contributed by atoms with Crippen LogP contribution in [0, 0.1) is 24.5 Å². The van der Waals surface area contributed by atoms with Gasteiger partial charge in [0.05, 0.1) is 10.2 Å². The van der Waals surface area contributed by atoms with Crippen LogP contribution in [0.4, 0.5) is 18.7 Å². The first kappa shape index (κ1) is 31.1. The van der Waals surface area contributed by atoms with Crippen LogP contribution < -0.4 is 10.6 Å². The maximum Gasteiger partial charge on any atom is 0.407 e. The lowest BCUT2D eigenvalue weighted by Gasteiger charge is -2.23. The van der Waals surface area contributed by atoms with Crippen molar-refractivity contribution in [3.63, 3.8) is 0 Å². The van der Waals surface area contributed by atoms with Crippen molar-refractivity contribution >= 4 is 44.7 Å². The number of hydrogen-bond donors (Lipinski definition) is 2. The summed E-state index contributed by atoms with van der Waals surface area (Å²) >= 11 is 3.52. The molecule has 0 atom stereocenters. The van der Waals surface area contributed by atoms with Crippen molar-refractivity contribution in [2.75, 3.05) is 25.0 Å². The van der Waals surface area contributed by atoms with Crippen LogP contribution in [0.25, 0.3) is 10.2 Å². The molecule has 10 heteroatoms. The van der Waals surface area contributed by atoms with Crippen molar-refractivity contribution in [1.29, 1.82) is 0 Å². The zero-order valence-corrected chi connectivity index (χ0v) is 25.3. The molecule has 1 amide bonds. The Morgan fingerprint density at radius 1 is 1.18 bits per heavy atom. The summed E-state index contributed by atoms with van der Waals surface area (Å²) in [7, 11) is 0. The number of halogens is 2. The van der Waals surface area contributed by atoms with E-state index in [2.05, 4.69) is 47.0 Å². The summed E-state index contributed by atoms with van der Waals surface area (Å²) in [4.78, 5) is 17.7. The van der Waals surface area contributed by atoms with Gasteiger partial charge in [-0.3, -0.25) is 0 Å². The highest BCUT2D eigenvalue weighted by molar-refractivity contribution is 7.97. The summed E-state index contributed by atoms with van der Waals surface area (Å²) in [6.45, 7) is 14.2. The fourth-order valence-electron chi connectivity index (χ4n) is 3.61. The molecule has 39 heavy (non-hydrogen) atoms. The fraction of sp³-hybridized carbons (Fsp3) is 0.517. The number of aryl methyl sites for hydroxylation is 1. The second kappa shape index (κ2) is 14.3. The molecule has 0 radical (unpaired) electrons. The minimum Gasteiger partial charge on any atom is -0.444 e. The Morgan fingerprint density at radius 3 is 2.46 bits per heavy atom. The molecule has 0 aliphatic heterocycles. The number of fused-ring (bicyclic) bond motifs is 1. The van der Waals surface area contributed by atoms with Gasteiger partial charge in [0.2, 0.25) is 0 Å². The summed E-state index contributed by atoms with van der Waals surface area (Å²) in [5.41, 5.74) is 1.20. The summed E-state index contributed by atoms with van der Waals surface area (Å²) in [6.07, 6.45) is 3.03. The van der Waals surface area contributed by atoms with E-state index in [1.54, 1.807) is 30.2 Å². The molecule has 2 aromatic carbocycles. The molecular weight excluding hydrogens is 538 g/mol. The van der Waals surface area contributed by atoms with Crippen LogP contribution >= 0.6 is 23.3 Å². The number of benzene rings is 2. The molecule has 0 saturated heterocycles. The van der Waals surface area contributed by atoms with Gasteiger partial charge in [-0.15, -0.1) is 0 Å². The van der Waals surface area contributed by atoms with Gasteiger partial charge in [0, 0.05) is 36.6 Å². The number of carbonyl (C=O) groups is 1. The smallest absolute Gasteiger partial charge is 0.407 e. The molecular formula is C29H40F2N4O2S2. The molecule has 2 N–H and O–H groups in total. The summed E-state index contributed by atoms with van der Waals surface area (Å²) < 4.78 is 33.3. The average molecular weight is 579 g/mol. The Bertz CT molecular complexity index is 1180. The minimum absolute atomic E-state index is 0.350. The number of hydrogen-bond acceptors (Lipinski definition) is 7. The molecule has 214 valence electrons. The lowest BCUT2D eigenvalue weighted by atomic mass is 10.2. The molecule has 1 aliphatic rings. The quantitative estimate of drug-likeness (QED) is 0.188. The van der Waals surface area contributed by atoms with Gasteiger partial charge in [0.15, 0.2) is 5.13 Å². The first-order valence-corrected chi connectivity index (χ1v) is 14.9. The predicted molar refractivity (Wildman–Crippen MR) is 158 cm³/mol. The molecule has 1 aliphatic carbocycles. The van der Waals surface area contributed by atoms with E-state index in [1.807, 2.05) is 20.8 Å². The summed E-state index contributed by atoms with van der Waals surface area (Å²) in [5, 5.41) is 7.37. The van der Waals surface area contributed by atoms with E-state index in [1.165, 1.54) is 34.6 Å². The zero-order chi connectivity index (χ0) is 28.6. The Kier molecular flexibility index (Phi) is 11.4. The van der Waals surface area contributed by atoms with Crippen LogP contribution in [0.1, 0.15) is 59.4 Å². The van der Waals surface area contributed by atoms with Crippen molar-refractivity contribution in [2.24, 2.45) is 5.92 Å². The van der Waals surface area contributed by atoms with Crippen LogP contribution in [0.3, 0.4) is 0 Å². The predicted octanol–water partition coefficient (Wildman–Crippen LogP) is 8.02. The van der Waals surface area contributed by atoms with Gasteiger partial charge in [0.25, 0.3) is 0 Å². The minimum atomic E-state index is -0.521. The van der Waals surface area contributed by atoms with Crippen LogP contribution in [0.5, 0.6) is 0 Å². The normalized spacial score (nSPS) is 13.4. The van der Waals surface area contributed by atoms with Gasteiger partial charge >= 0.3 is 6.09 Å². The lowest BCUT2D eigenvalue weighted by molar-refractivity contribution is 0.0526. The maximum atomic E-state index is 12.2. The van der Waals surface area contributed by atoms with Crippen molar-refractivity contribution in [3.05, 3.63) is 53.6 Å². The van der Waals surface area contributed by atoms with Gasteiger partial charge < -0.3 is 15.4 Å². The molecule has 0 spiro atoms. The van der Waals surface area contributed by atoms with E-state index in [0.717, 1.165) is 36.2 Å². The third-order valence-electron chi connectivity index (χ3n) is 5.33. The number of rotatable bonds is 10. The number of alkyl carbamates (subject to hydrolysis) is 1. The third kappa shape index (κ3) is 12.1. The lowest BCUT2D eigenvalue weighted by Crippen LogP contribution is -2.34. The van der Waals surface area contributed by atoms with E-state index in [-0.39, 0.29) is 6.09 Å². The average Bonchev–Trinajstić information content (AvgIpc) is 3.51. The van der Waals surface area contributed by atoms with Crippen molar-refractivity contribution in [2.45, 2.75) is 77.3 Å². The highest BCUT2D eigenvalue weighted by Gasteiger charge is 2.22. The van der Waals surface area contributed by atoms with E-state index >= 15 is 0 Å². The van der Waals surface area contributed by atoms with Crippen LogP contribution in [0.2, 0.25) is 0 Å². The number of aromatic nitrogens is 1. The second-order valence-electron chi connectivity index (χ2n) is 11.2. The van der Waals surface area contributed by atoms with E-state index in [4.69, 9.17) is 9.72 Å². The van der Waals surface area contributed by atoms with Crippen molar-refractivity contribution in [3.8, 4) is 0 Å². The molecule has 1 saturated carbocycles. The van der Waals surface area contributed by atoms with Gasteiger partial charge in [-0.2, -0.15) is 0 Å². The van der Waals surface area contributed by atoms with Gasteiger partial charge in [-0.25, -0.2) is 22.9 Å². The van der Waals surface area contributed by atoms with Gasteiger partial charge in [-0.1, -0.05) is 25.2 Å². The number of thiazole rings is 1. The second-order valence-corrected chi connectivity index (χ2v) is 13.4. The van der Waals surface area contributed by atoms with Gasteiger partial charge in [-0.05, 0) is 101 Å². The van der Waals surface area contributed by atoms with Crippen molar-refractivity contribution in [1.82, 2.24) is 14.6 Å². The number of amides is 1. The fourth-order valence-corrected chi connectivity index (χ4v) is 5.86. The SMILES string of the molecule is CC(C)CN(CCCNC(=O)OC(C)(C)C)Sc1ccc2nc(NC3CC3)sc2c1.Cc1cc(F)cc(F)c1. The number of carbonyl (C=O) groups excluding carboxylic acids is 1. The van der Waals surface area contributed by atoms with E-state index < -0.39 is 17.2 Å². The molecule has 1 aromatic heterocycles. The standard InChI is InChI=1S/C22H34N4O2S2.C7H6F2/c1-15(2)14-26(12-6-11-23-21(27)28-22(3,4)5)30-17-9-10-18-19(13-17)29-20(25-18)24-16-7-8-16;1-5-2-6(8)4-7(9)3-5/h9-10,13,15-16H,6-8,11-12,14H2,1-5H3,(H,23,27)(H,24,25);2-4H,1H3. The zero-order valence-electron chi connectivity index (χ0n) is 23.6. The molecule has 3 aromatic rings. The number of nitrogens with one attached hydrogen (secondary N) is 2. The highest BCUT2D eigenvalue weighted by atomic mass is 32.2. The Hall–Kier alpha value is -2.43. The van der Waals surface area contributed by atoms with Crippen LogP contribution in [-0.2, 0) is 4.74 Å².